The molecule has 2 N–H and O–H groups in total. The molecule has 96 valence electrons. The van der Waals surface area contributed by atoms with Crippen molar-refractivity contribution in [3.8, 4) is 0 Å². The second-order valence-electron chi connectivity index (χ2n) is 4.70. The molecule has 1 unspecified atom stereocenters. The lowest BCUT2D eigenvalue weighted by Gasteiger charge is -2.31. The average molecular weight is 234 g/mol. The highest BCUT2D eigenvalue weighted by Crippen LogP contribution is 2.20. The number of hydrogen-bond acceptors (Lipinski definition) is 2. The monoisotopic (exact) mass is 234 g/mol. The van der Waals surface area contributed by atoms with Crippen molar-refractivity contribution in [2.45, 2.75) is 52.6 Å². The first-order valence-electron chi connectivity index (χ1n) is 6.78. The predicted molar refractivity (Wildman–Crippen MR) is 76.3 cm³/mol. The third-order valence-electron chi connectivity index (χ3n) is 3.21. The van der Waals surface area contributed by atoms with Gasteiger partial charge in [0.05, 0.1) is 0 Å². The van der Waals surface area contributed by atoms with Crippen LogP contribution in [0.5, 0.6) is 0 Å². The van der Waals surface area contributed by atoms with E-state index in [2.05, 4.69) is 49.9 Å². The van der Waals surface area contributed by atoms with Gasteiger partial charge < -0.3 is 10.6 Å². The van der Waals surface area contributed by atoms with Gasteiger partial charge in [0.15, 0.2) is 0 Å². The molecule has 0 aliphatic carbocycles. The maximum atomic E-state index is 5.63. The fourth-order valence-electron chi connectivity index (χ4n) is 2.24. The molecule has 1 atom stereocenters. The topological polar surface area (TPSA) is 29.3 Å². The molecule has 0 radical (unpaired) electrons. The number of hydrogen-bond donors (Lipinski definition) is 1. The summed E-state index contributed by atoms with van der Waals surface area (Å²) in [7, 11) is 0. The molecule has 0 fully saturated rings. The van der Waals surface area contributed by atoms with Crippen LogP contribution in [0.2, 0.25) is 0 Å². The zero-order valence-corrected chi connectivity index (χ0v) is 11.4. The van der Waals surface area contributed by atoms with Crippen molar-refractivity contribution in [1.29, 1.82) is 0 Å². The van der Waals surface area contributed by atoms with Gasteiger partial charge in [0.1, 0.15) is 0 Å². The van der Waals surface area contributed by atoms with Gasteiger partial charge in [-0.25, -0.2) is 0 Å². The minimum absolute atomic E-state index is 0.615. The van der Waals surface area contributed by atoms with Crippen molar-refractivity contribution >= 4 is 5.69 Å². The second-order valence-corrected chi connectivity index (χ2v) is 4.70. The Morgan fingerprint density at radius 3 is 2.24 bits per heavy atom. The van der Waals surface area contributed by atoms with Crippen molar-refractivity contribution in [3.05, 3.63) is 29.8 Å². The summed E-state index contributed by atoms with van der Waals surface area (Å²) in [6, 6.07) is 9.28. The van der Waals surface area contributed by atoms with Crippen LogP contribution >= 0.6 is 0 Å². The van der Waals surface area contributed by atoms with Crippen molar-refractivity contribution < 1.29 is 0 Å². The molecule has 2 nitrogen and oxygen atoms in total. The van der Waals surface area contributed by atoms with E-state index in [1.807, 2.05) is 0 Å². The summed E-state index contributed by atoms with van der Waals surface area (Å²) in [6.45, 7) is 8.55. The van der Waals surface area contributed by atoms with E-state index < -0.39 is 0 Å². The molecule has 0 aliphatic rings. The Hall–Kier alpha value is -1.02. The average Bonchev–Trinajstić information content (AvgIpc) is 2.36. The van der Waals surface area contributed by atoms with Crippen LogP contribution in [0.25, 0.3) is 0 Å². The Morgan fingerprint density at radius 1 is 1.12 bits per heavy atom. The highest BCUT2D eigenvalue weighted by atomic mass is 15.2. The Balaban J connectivity index is 2.80. The second kappa shape index (κ2) is 7.33. The van der Waals surface area contributed by atoms with Crippen molar-refractivity contribution in [1.82, 2.24) is 0 Å². The van der Waals surface area contributed by atoms with Crippen LogP contribution in [-0.2, 0) is 6.54 Å². The summed E-state index contributed by atoms with van der Waals surface area (Å²) in [5.74, 6) is 0. The minimum atomic E-state index is 0.615. The molecule has 1 aromatic carbocycles. The molecule has 0 aromatic heterocycles. The van der Waals surface area contributed by atoms with Gasteiger partial charge in [0, 0.05) is 24.8 Å². The number of nitrogens with two attached hydrogens (primary N) is 1. The van der Waals surface area contributed by atoms with Crippen LogP contribution in [0.3, 0.4) is 0 Å². The summed E-state index contributed by atoms with van der Waals surface area (Å²) in [5, 5.41) is 0. The van der Waals surface area contributed by atoms with Gasteiger partial charge in [-0.3, -0.25) is 0 Å². The molecule has 0 aliphatic heterocycles. The van der Waals surface area contributed by atoms with E-state index in [9.17, 15) is 0 Å². The van der Waals surface area contributed by atoms with Crippen molar-refractivity contribution in [2.24, 2.45) is 5.73 Å². The summed E-state index contributed by atoms with van der Waals surface area (Å²) in [4.78, 5) is 2.50. The highest BCUT2D eigenvalue weighted by Gasteiger charge is 2.12. The maximum absolute atomic E-state index is 5.63. The molecular formula is C15H26N2. The molecule has 0 saturated carbocycles. The van der Waals surface area contributed by atoms with E-state index >= 15 is 0 Å². The largest absolute Gasteiger partial charge is 0.369 e. The van der Waals surface area contributed by atoms with E-state index in [4.69, 9.17) is 5.73 Å². The normalized spacial score (nSPS) is 12.5. The smallest absolute Gasteiger partial charge is 0.0368 e. The Bertz CT molecular complexity index is 305. The van der Waals surface area contributed by atoms with Crippen LogP contribution in [0, 0.1) is 0 Å². The number of rotatable bonds is 7. The molecule has 0 amide bonds. The van der Waals surface area contributed by atoms with Crippen LogP contribution in [0.15, 0.2) is 24.3 Å². The third kappa shape index (κ3) is 4.04. The van der Waals surface area contributed by atoms with Gasteiger partial charge in [0.25, 0.3) is 0 Å². The quantitative estimate of drug-likeness (QED) is 0.781. The third-order valence-corrected chi connectivity index (χ3v) is 3.21. The SMILES string of the molecule is CCCC(C)N(CCC)c1ccc(CN)cc1. The molecule has 1 aromatic rings. The van der Waals surface area contributed by atoms with Crippen LogP contribution in [-0.4, -0.2) is 12.6 Å². The fourth-order valence-corrected chi connectivity index (χ4v) is 2.24. The van der Waals surface area contributed by atoms with E-state index in [1.54, 1.807) is 0 Å². The molecule has 2 heteroatoms. The molecule has 1 rings (SSSR count). The first-order chi connectivity index (χ1) is 8.22. The summed E-state index contributed by atoms with van der Waals surface area (Å²) < 4.78 is 0. The number of nitrogens with zero attached hydrogens (tertiary/aromatic N) is 1. The zero-order chi connectivity index (χ0) is 12.7. The molecule has 0 spiro atoms. The summed E-state index contributed by atoms with van der Waals surface area (Å²) in [6.07, 6.45) is 3.67. The van der Waals surface area contributed by atoms with Gasteiger partial charge in [0.2, 0.25) is 0 Å². The van der Waals surface area contributed by atoms with E-state index in [0.717, 1.165) is 6.54 Å². The molecule has 0 heterocycles. The lowest BCUT2D eigenvalue weighted by molar-refractivity contribution is 0.576. The lowest BCUT2D eigenvalue weighted by atomic mass is 10.1. The van der Waals surface area contributed by atoms with Gasteiger partial charge in [-0.1, -0.05) is 32.4 Å². The van der Waals surface area contributed by atoms with Crippen LogP contribution in [0.4, 0.5) is 5.69 Å². The standard InChI is InChI=1S/C15H26N2/c1-4-6-13(3)17(11-5-2)15-9-7-14(12-16)8-10-15/h7-10,13H,4-6,11-12,16H2,1-3H3. The van der Waals surface area contributed by atoms with E-state index in [0.29, 0.717) is 12.6 Å². The van der Waals surface area contributed by atoms with Gasteiger partial charge in [-0.15, -0.1) is 0 Å². The van der Waals surface area contributed by atoms with E-state index in [-0.39, 0.29) is 0 Å². The Kier molecular flexibility index (Phi) is 6.06. The predicted octanol–water partition coefficient (Wildman–Crippen LogP) is 3.55. The van der Waals surface area contributed by atoms with Crippen molar-refractivity contribution in [3.63, 3.8) is 0 Å². The summed E-state index contributed by atoms with van der Waals surface area (Å²) >= 11 is 0. The van der Waals surface area contributed by atoms with Crippen LogP contribution < -0.4 is 10.6 Å². The summed E-state index contributed by atoms with van der Waals surface area (Å²) in [5.41, 5.74) is 8.15. The fraction of sp³-hybridized carbons (Fsp3) is 0.600. The molecule has 0 bridgehead atoms. The first kappa shape index (κ1) is 14.0. The number of anilines is 1. The van der Waals surface area contributed by atoms with Gasteiger partial charge in [-0.05, 0) is 37.5 Å². The lowest BCUT2D eigenvalue weighted by Crippen LogP contribution is -2.33. The first-order valence-corrected chi connectivity index (χ1v) is 6.78. The number of benzene rings is 1. The zero-order valence-electron chi connectivity index (χ0n) is 11.4. The van der Waals surface area contributed by atoms with Gasteiger partial charge in [-0.2, -0.15) is 0 Å². The Morgan fingerprint density at radius 2 is 1.76 bits per heavy atom. The maximum Gasteiger partial charge on any atom is 0.0368 e. The van der Waals surface area contributed by atoms with Gasteiger partial charge >= 0.3 is 0 Å². The molecule has 0 saturated heterocycles. The molecular weight excluding hydrogens is 208 g/mol. The van der Waals surface area contributed by atoms with E-state index in [1.165, 1.54) is 30.5 Å². The Labute approximate surface area is 106 Å². The minimum Gasteiger partial charge on any atom is -0.369 e. The van der Waals surface area contributed by atoms with Crippen molar-refractivity contribution in [2.75, 3.05) is 11.4 Å². The highest BCUT2D eigenvalue weighted by molar-refractivity contribution is 5.48. The molecule has 17 heavy (non-hydrogen) atoms. The van der Waals surface area contributed by atoms with Crippen LogP contribution in [0.1, 0.15) is 45.6 Å².